The van der Waals surface area contributed by atoms with Crippen LogP contribution in [-0.2, 0) is 6.54 Å². The van der Waals surface area contributed by atoms with E-state index in [1.54, 1.807) is 30.3 Å². The summed E-state index contributed by atoms with van der Waals surface area (Å²) >= 11 is 6.56. The van der Waals surface area contributed by atoms with Crippen LogP contribution in [0.1, 0.15) is 32.6 Å². The first-order valence-corrected chi connectivity index (χ1v) is 13.4. The quantitative estimate of drug-likeness (QED) is 0.368. The average Bonchev–Trinajstić information content (AvgIpc) is 2.95. The molecule has 0 spiro atoms. The molecule has 1 fully saturated rings. The lowest BCUT2D eigenvalue weighted by molar-refractivity contribution is 0.102. The first-order valence-electron chi connectivity index (χ1n) is 13.0. The van der Waals surface area contributed by atoms with Crippen molar-refractivity contribution in [3.8, 4) is 11.8 Å². The molecule has 10 heteroatoms. The van der Waals surface area contributed by atoms with Crippen LogP contribution in [0.15, 0.2) is 54.7 Å². The summed E-state index contributed by atoms with van der Waals surface area (Å²) in [4.78, 5) is 33.5. The maximum atomic E-state index is 13.0. The average molecular weight is 563 g/mol. The lowest BCUT2D eigenvalue weighted by atomic mass is 10.0. The van der Waals surface area contributed by atoms with Crippen molar-refractivity contribution in [3.63, 3.8) is 0 Å². The second-order valence-electron chi connectivity index (χ2n) is 9.62. The monoisotopic (exact) mass is 562 g/mol. The largest absolute Gasteiger partial charge is 0.335 e. The Morgan fingerprint density at radius 3 is 2.52 bits per heavy atom. The van der Waals surface area contributed by atoms with Crippen LogP contribution in [0.5, 0.6) is 0 Å². The van der Waals surface area contributed by atoms with Crippen LogP contribution >= 0.6 is 11.6 Å². The van der Waals surface area contributed by atoms with E-state index in [0.29, 0.717) is 33.2 Å². The standard InChI is InChI=1S/C30H32ClFN6O2/c1-21-3-6-24(17-23(21)7-4-22-5-10-28(34-19-22)36-30(40)33-12-11-32)29(39)35-26-9-8-25(27(31)18-26)20-38-15-13-37(2)14-16-38/h3,5-6,8-10,17-19H,11-16,20H2,1-2H3,(H,35,39)(H2,33,34,36,40). The van der Waals surface area contributed by atoms with Gasteiger partial charge in [0.1, 0.15) is 12.5 Å². The summed E-state index contributed by atoms with van der Waals surface area (Å²) in [6.45, 7) is 6.09. The van der Waals surface area contributed by atoms with E-state index >= 15 is 0 Å². The molecule has 8 nitrogen and oxygen atoms in total. The second kappa shape index (κ2) is 13.9. The van der Waals surface area contributed by atoms with Crippen molar-refractivity contribution in [1.29, 1.82) is 0 Å². The number of urea groups is 1. The molecule has 40 heavy (non-hydrogen) atoms. The van der Waals surface area contributed by atoms with Crippen molar-refractivity contribution in [2.45, 2.75) is 13.5 Å². The molecule has 4 rings (SSSR count). The third kappa shape index (κ3) is 8.26. The molecule has 0 unspecified atom stereocenters. The van der Waals surface area contributed by atoms with Crippen LogP contribution in [-0.4, -0.2) is 73.2 Å². The normalized spacial score (nSPS) is 13.7. The molecule has 3 N–H and O–H groups in total. The van der Waals surface area contributed by atoms with E-state index in [0.717, 1.165) is 43.9 Å². The summed E-state index contributed by atoms with van der Waals surface area (Å²) in [5.41, 5.74) is 4.41. The molecule has 1 aliphatic rings. The number of halogens is 2. The number of hydrogen-bond donors (Lipinski definition) is 3. The van der Waals surface area contributed by atoms with E-state index < -0.39 is 12.7 Å². The van der Waals surface area contributed by atoms with Gasteiger partial charge in [-0.25, -0.2) is 14.2 Å². The topological polar surface area (TPSA) is 89.6 Å². The smallest absolute Gasteiger partial charge is 0.320 e. The molecular formula is C30H32ClFN6O2. The van der Waals surface area contributed by atoms with Crippen LogP contribution in [0.4, 0.5) is 20.7 Å². The van der Waals surface area contributed by atoms with E-state index in [1.807, 2.05) is 25.1 Å². The minimum absolute atomic E-state index is 0.0664. The van der Waals surface area contributed by atoms with E-state index in [4.69, 9.17) is 11.6 Å². The highest BCUT2D eigenvalue weighted by atomic mass is 35.5. The Kier molecular flexibility index (Phi) is 10.1. The van der Waals surface area contributed by atoms with Crippen molar-refractivity contribution < 1.29 is 14.0 Å². The first kappa shape index (κ1) is 29.0. The van der Waals surface area contributed by atoms with Crippen LogP contribution in [0.3, 0.4) is 0 Å². The molecule has 208 valence electrons. The zero-order valence-electron chi connectivity index (χ0n) is 22.6. The molecule has 0 bridgehead atoms. The predicted molar refractivity (Wildman–Crippen MR) is 157 cm³/mol. The Morgan fingerprint density at radius 1 is 1.02 bits per heavy atom. The number of alkyl halides is 1. The molecule has 3 aromatic rings. The fourth-order valence-corrected chi connectivity index (χ4v) is 4.34. The Bertz CT molecular complexity index is 1410. The highest BCUT2D eigenvalue weighted by Gasteiger charge is 2.16. The van der Waals surface area contributed by atoms with Gasteiger partial charge in [0.2, 0.25) is 0 Å². The summed E-state index contributed by atoms with van der Waals surface area (Å²) in [6, 6.07) is 13.8. The molecular weight excluding hydrogens is 531 g/mol. The van der Waals surface area contributed by atoms with Gasteiger partial charge in [-0.05, 0) is 61.5 Å². The van der Waals surface area contributed by atoms with E-state index in [9.17, 15) is 14.0 Å². The summed E-state index contributed by atoms with van der Waals surface area (Å²) in [6.07, 6.45) is 1.53. The number of carbonyl (C=O) groups is 2. The number of benzene rings is 2. The molecule has 1 aliphatic heterocycles. The molecule has 0 saturated carbocycles. The van der Waals surface area contributed by atoms with Gasteiger partial charge in [0.15, 0.2) is 0 Å². The first-order chi connectivity index (χ1) is 19.3. The lowest BCUT2D eigenvalue weighted by Gasteiger charge is -2.32. The van der Waals surface area contributed by atoms with Gasteiger partial charge in [-0.3, -0.25) is 15.0 Å². The third-order valence-corrected chi connectivity index (χ3v) is 6.88. The molecule has 3 amide bonds. The van der Waals surface area contributed by atoms with Gasteiger partial charge >= 0.3 is 6.03 Å². The number of hydrogen-bond acceptors (Lipinski definition) is 5. The van der Waals surface area contributed by atoms with Crippen LogP contribution < -0.4 is 16.0 Å². The van der Waals surface area contributed by atoms with Crippen LogP contribution in [0.25, 0.3) is 0 Å². The maximum Gasteiger partial charge on any atom is 0.320 e. The van der Waals surface area contributed by atoms with Crippen molar-refractivity contribution >= 4 is 35.0 Å². The highest BCUT2D eigenvalue weighted by Crippen LogP contribution is 2.23. The van der Waals surface area contributed by atoms with Gasteiger partial charge in [-0.2, -0.15) is 0 Å². The Morgan fingerprint density at radius 2 is 1.82 bits per heavy atom. The number of nitrogens with one attached hydrogen (secondary N) is 3. The number of likely N-dealkylation sites (N-methyl/N-ethyl adjacent to an activating group) is 1. The number of amides is 3. The number of aromatic nitrogens is 1. The predicted octanol–water partition coefficient (Wildman–Crippen LogP) is 4.53. The van der Waals surface area contributed by atoms with Gasteiger partial charge in [0.05, 0.1) is 0 Å². The zero-order chi connectivity index (χ0) is 28.5. The Labute approximate surface area is 238 Å². The van der Waals surface area contributed by atoms with Crippen molar-refractivity contribution in [3.05, 3.63) is 87.6 Å². The lowest BCUT2D eigenvalue weighted by Crippen LogP contribution is -2.43. The van der Waals surface area contributed by atoms with Gasteiger partial charge in [0, 0.05) is 72.9 Å². The fraction of sp³-hybridized carbons (Fsp3) is 0.300. The minimum Gasteiger partial charge on any atom is -0.335 e. The van der Waals surface area contributed by atoms with Gasteiger partial charge in [-0.1, -0.05) is 35.6 Å². The molecule has 0 atom stereocenters. The third-order valence-electron chi connectivity index (χ3n) is 6.53. The SMILES string of the molecule is Cc1ccc(C(=O)Nc2ccc(CN3CCN(C)CC3)c(Cl)c2)cc1C#Cc1ccc(NC(=O)NCCF)nc1. The summed E-state index contributed by atoms with van der Waals surface area (Å²) in [5.74, 6) is 6.20. The zero-order valence-corrected chi connectivity index (χ0v) is 23.3. The fourth-order valence-electron chi connectivity index (χ4n) is 4.10. The summed E-state index contributed by atoms with van der Waals surface area (Å²) in [7, 11) is 2.13. The van der Waals surface area contributed by atoms with Gasteiger partial charge < -0.3 is 15.5 Å². The van der Waals surface area contributed by atoms with E-state index in [-0.39, 0.29) is 12.5 Å². The van der Waals surface area contributed by atoms with Gasteiger partial charge in [-0.15, -0.1) is 0 Å². The van der Waals surface area contributed by atoms with E-state index in [2.05, 4.69) is 49.6 Å². The highest BCUT2D eigenvalue weighted by molar-refractivity contribution is 6.31. The molecule has 2 aromatic carbocycles. The molecule has 1 aromatic heterocycles. The number of piperazine rings is 1. The number of carbonyl (C=O) groups excluding carboxylic acids is 2. The van der Waals surface area contributed by atoms with E-state index in [1.165, 1.54) is 6.20 Å². The van der Waals surface area contributed by atoms with Crippen molar-refractivity contribution in [2.75, 3.05) is 57.1 Å². The number of anilines is 2. The molecule has 1 saturated heterocycles. The van der Waals surface area contributed by atoms with Crippen molar-refractivity contribution in [2.24, 2.45) is 0 Å². The van der Waals surface area contributed by atoms with Crippen LogP contribution in [0.2, 0.25) is 5.02 Å². The molecule has 0 radical (unpaired) electrons. The Hall–Kier alpha value is -3.97. The minimum atomic E-state index is -0.642. The molecule has 2 heterocycles. The van der Waals surface area contributed by atoms with Crippen molar-refractivity contribution in [1.82, 2.24) is 20.1 Å². The number of aryl methyl sites for hydroxylation is 1. The summed E-state index contributed by atoms with van der Waals surface area (Å²) < 4.78 is 12.2. The summed E-state index contributed by atoms with van der Waals surface area (Å²) in [5, 5.41) is 8.44. The maximum absolute atomic E-state index is 13.0. The second-order valence-corrected chi connectivity index (χ2v) is 10.0. The number of nitrogens with zero attached hydrogens (tertiary/aromatic N) is 3. The van der Waals surface area contributed by atoms with Gasteiger partial charge in [0.25, 0.3) is 5.91 Å². The number of rotatable bonds is 7. The van der Waals surface area contributed by atoms with Crippen LogP contribution in [0, 0.1) is 18.8 Å². The molecule has 0 aliphatic carbocycles. The Balaban J connectivity index is 1.38. The number of pyridine rings is 1.